The number of para-hydroxylation sites is 1. The van der Waals surface area contributed by atoms with Crippen molar-refractivity contribution in [2.75, 3.05) is 0 Å². The molecule has 3 heteroatoms. The van der Waals surface area contributed by atoms with Gasteiger partial charge in [0.05, 0.1) is 16.8 Å². The van der Waals surface area contributed by atoms with E-state index in [9.17, 15) is 0 Å². The summed E-state index contributed by atoms with van der Waals surface area (Å²) in [5.74, 6) is 2.45. The van der Waals surface area contributed by atoms with Crippen molar-refractivity contribution in [2.24, 2.45) is 0 Å². The van der Waals surface area contributed by atoms with Crippen molar-refractivity contribution in [3.8, 4) is 67.7 Å². The van der Waals surface area contributed by atoms with Crippen molar-refractivity contribution in [1.82, 2.24) is 9.97 Å². The SMILES string of the molecule is c1ccc(-c2cc(-c3cccc4ccccc34)nc(-c3cccc(-c4ccc5c(c4)C4(c6ccccc6O5)c5ccccc5-c5ccccc54)c3)n2)cc1. The molecule has 54 heavy (non-hydrogen) atoms. The third kappa shape index (κ3) is 4.55. The molecule has 2 heterocycles. The molecule has 252 valence electrons. The minimum Gasteiger partial charge on any atom is -0.457 e. The van der Waals surface area contributed by atoms with Gasteiger partial charge in [-0.3, -0.25) is 0 Å². The molecule has 0 radical (unpaired) electrons. The van der Waals surface area contributed by atoms with Crippen LogP contribution in [0.3, 0.4) is 0 Å². The van der Waals surface area contributed by atoms with Crippen LogP contribution in [0.5, 0.6) is 11.5 Å². The Morgan fingerprint density at radius 1 is 0.352 bits per heavy atom. The molecule has 0 N–H and O–H groups in total. The Labute approximate surface area is 313 Å². The van der Waals surface area contributed by atoms with Crippen molar-refractivity contribution in [2.45, 2.75) is 5.41 Å². The zero-order valence-corrected chi connectivity index (χ0v) is 29.3. The minimum atomic E-state index is -0.522. The molecular formula is C51H32N2O. The van der Waals surface area contributed by atoms with Crippen molar-refractivity contribution in [3.63, 3.8) is 0 Å². The molecule has 0 fully saturated rings. The monoisotopic (exact) mass is 688 g/mol. The molecule has 3 nitrogen and oxygen atoms in total. The summed E-state index contributed by atoms with van der Waals surface area (Å²) in [6.45, 7) is 0. The molecule has 11 rings (SSSR count). The second-order valence-electron chi connectivity index (χ2n) is 14.1. The van der Waals surface area contributed by atoms with Crippen LogP contribution in [-0.2, 0) is 5.41 Å². The van der Waals surface area contributed by atoms with Gasteiger partial charge < -0.3 is 4.74 Å². The molecule has 0 saturated carbocycles. The molecule has 0 atom stereocenters. The average molecular weight is 689 g/mol. The van der Waals surface area contributed by atoms with Gasteiger partial charge in [-0.25, -0.2) is 9.97 Å². The second-order valence-corrected chi connectivity index (χ2v) is 14.1. The van der Waals surface area contributed by atoms with E-state index in [0.717, 1.165) is 61.8 Å². The summed E-state index contributed by atoms with van der Waals surface area (Å²) in [7, 11) is 0. The van der Waals surface area contributed by atoms with Gasteiger partial charge >= 0.3 is 0 Å². The Morgan fingerprint density at radius 2 is 0.926 bits per heavy atom. The van der Waals surface area contributed by atoms with E-state index in [4.69, 9.17) is 14.7 Å². The van der Waals surface area contributed by atoms with Crippen LogP contribution in [0.2, 0.25) is 0 Å². The van der Waals surface area contributed by atoms with Gasteiger partial charge in [-0.2, -0.15) is 0 Å². The predicted molar refractivity (Wildman–Crippen MR) is 219 cm³/mol. The highest BCUT2D eigenvalue weighted by Crippen LogP contribution is 2.62. The van der Waals surface area contributed by atoms with Gasteiger partial charge in [0.25, 0.3) is 0 Å². The third-order valence-electron chi connectivity index (χ3n) is 11.2. The van der Waals surface area contributed by atoms with Crippen LogP contribution in [0.1, 0.15) is 22.3 Å². The van der Waals surface area contributed by atoms with Crippen LogP contribution in [-0.4, -0.2) is 9.97 Å². The molecule has 0 unspecified atom stereocenters. The Balaban J connectivity index is 1.09. The lowest BCUT2D eigenvalue weighted by Crippen LogP contribution is -2.32. The lowest BCUT2D eigenvalue weighted by atomic mass is 9.66. The highest BCUT2D eigenvalue weighted by molar-refractivity contribution is 5.96. The molecule has 1 aliphatic heterocycles. The number of benzene rings is 8. The zero-order chi connectivity index (χ0) is 35.6. The molecule has 1 aliphatic carbocycles. The number of aromatic nitrogens is 2. The fraction of sp³-hybridized carbons (Fsp3) is 0.0196. The zero-order valence-electron chi connectivity index (χ0n) is 29.3. The Hall–Kier alpha value is -7.10. The fourth-order valence-corrected chi connectivity index (χ4v) is 8.79. The van der Waals surface area contributed by atoms with E-state index < -0.39 is 5.41 Å². The van der Waals surface area contributed by atoms with Crippen molar-refractivity contribution in [1.29, 1.82) is 0 Å². The number of hydrogen-bond donors (Lipinski definition) is 0. The van der Waals surface area contributed by atoms with Gasteiger partial charge in [-0.15, -0.1) is 0 Å². The Kier molecular flexibility index (Phi) is 6.77. The minimum absolute atomic E-state index is 0.522. The summed E-state index contributed by atoms with van der Waals surface area (Å²) < 4.78 is 6.70. The Morgan fingerprint density at radius 3 is 1.76 bits per heavy atom. The molecule has 1 aromatic heterocycles. The van der Waals surface area contributed by atoms with E-state index in [0.29, 0.717) is 5.82 Å². The molecule has 9 aromatic rings. The summed E-state index contributed by atoms with van der Waals surface area (Å²) in [5, 5.41) is 2.35. The molecule has 8 aromatic carbocycles. The molecular weight excluding hydrogens is 657 g/mol. The number of rotatable bonds is 4. The lowest BCUT2D eigenvalue weighted by Gasteiger charge is -2.39. The van der Waals surface area contributed by atoms with Crippen LogP contribution in [0.15, 0.2) is 194 Å². The summed E-state index contributed by atoms with van der Waals surface area (Å²) in [5.41, 5.74) is 13.9. The van der Waals surface area contributed by atoms with Gasteiger partial charge in [0.15, 0.2) is 5.82 Å². The van der Waals surface area contributed by atoms with Crippen LogP contribution in [0.25, 0.3) is 66.9 Å². The van der Waals surface area contributed by atoms with E-state index >= 15 is 0 Å². The third-order valence-corrected chi connectivity index (χ3v) is 11.2. The molecule has 2 aliphatic rings. The van der Waals surface area contributed by atoms with E-state index in [1.807, 2.05) is 6.07 Å². The number of fused-ring (bicyclic) bond motifs is 10. The molecule has 0 bridgehead atoms. The van der Waals surface area contributed by atoms with E-state index in [-0.39, 0.29) is 0 Å². The number of hydrogen-bond acceptors (Lipinski definition) is 3. The molecule has 0 saturated heterocycles. The first-order valence-electron chi connectivity index (χ1n) is 18.4. The van der Waals surface area contributed by atoms with Gasteiger partial charge in [-0.1, -0.05) is 164 Å². The topological polar surface area (TPSA) is 35.0 Å². The van der Waals surface area contributed by atoms with Crippen LogP contribution in [0, 0.1) is 0 Å². The Bertz CT molecular complexity index is 2880. The van der Waals surface area contributed by atoms with Crippen LogP contribution in [0.4, 0.5) is 0 Å². The van der Waals surface area contributed by atoms with Gasteiger partial charge in [0.1, 0.15) is 11.5 Å². The van der Waals surface area contributed by atoms with Crippen molar-refractivity contribution in [3.05, 3.63) is 216 Å². The fourth-order valence-electron chi connectivity index (χ4n) is 8.79. The van der Waals surface area contributed by atoms with Crippen molar-refractivity contribution >= 4 is 10.8 Å². The summed E-state index contributed by atoms with van der Waals surface area (Å²) in [6, 6.07) is 68.9. The smallest absolute Gasteiger partial charge is 0.160 e. The van der Waals surface area contributed by atoms with E-state index in [1.165, 1.54) is 33.0 Å². The standard InChI is InChI=1S/C51H32N2O/c1-2-15-34(16-3-1)46-32-47(41-23-13-17-33-14-4-5-20-38(33)41)53-50(52-46)37-19-12-18-35(30-37)36-28-29-49-45(31-36)51(44-26-10-11-27-48(44)54-49)42-24-8-6-21-39(42)40-22-7-9-25-43(40)51/h1-32H. The normalized spacial score (nSPS) is 13.1. The molecule has 1 spiro atoms. The van der Waals surface area contributed by atoms with E-state index in [1.54, 1.807) is 0 Å². The highest BCUT2D eigenvalue weighted by atomic mass is 16.5. The molecule has 0 amide bonds. The second kappa shape index (κ2) is 12.0. The first-order valence-corrected chi connectivity index (χ1v) is 18.4. The van der Waals surface area contributed by atoms with Gasteiger partial charge in [0, 0.05) is 27.8 Å². The largest absolute Gasteiger partial charge is 0.457 e. The first kappa shape index (κ1) is 30.5. The lowest BCUT2D eigenvalue weighted by molar-refractivity contribution is 0.436. The summed E-state index contributed by atoms with van der Waals surface area (Å²) in [6.07, 6.45) is 0. The maximum atomic E-state index is 6.70. The first-order chi connectivity index (χ1) is 26.8. The van der Waals surface area contributed by atoms with Crippen LogP contribution < -0.4 is 4.74 Å². The predicted octanol–water partition coefficient (Wildman–Crippen LogP) is 12.8. The van der Waals surface area contributed by atoms with Gasteiger partial charge in [0.2, 0.25) is 0 Å². The number of nitrogens with zero attached hydrogens (tertiary/aromatic N) is 2. The number of ether oxygens (including phenoxy) is 1. The van der Waals surface area contributed by atoms with Crippen LogP contribution >= 0.6 is 0 Å². The maximum absolute atomic E-state index is 6.70. The van der Waals surface area contributed by atoms with Gasteiger partial charge in [-0.05, 0) is 74.5 Å². The summed E-state index contributed by atoms with van der Waals surface area (Å²) in [4.78, 5) is 10.4. The van der Waals surface area contributed by atoms with Crippen molar-refractivity contribution < 1.29 is 4.74 Å². The summed E-state index contributed by atoms with van der Waals surface area (Å²) >= 11 is 0. The highest BCUT2D eigenvalue weighted by Gasteiger charge is 2.51. The average Bonchev–Trinajstić information content (AvgIpc) is 3.54. The maximum Gasteiger partial charge on any atom is 0.160 e. The van der Waals surface area contributed by atoms with E-state index in [2.05, 4.69) is 188 Å². The quantitative estimate of drug-likeness (QED) is 0.185.